The van der Waals surface area contributed by atoms with E-state index >= 15 is 0 Å². The van der Waals surface area contributed by atoms with Crippen molar-refractivity contribution in [2.45, 2.75) is 0 Å². The quantitative estimate of drug-likeness (QED) is 0.162. The third-order valence-electron chi connectivity index (χ3n) is 9.30. The predicted octanol–water partition coefficient (Wildman–Crippen LogP) is 12.0. The number of hydrogen-bond acceptors (Lipinski definition) is 4. The van der Waals surface area contributed by atoms with Crippen LogP contribution in [0.3, 0.4) is 0 Å². The van der Waals surface area contributed by atoms with Gasteiger partial charge in [-0.1, -0.05) is 127 Å². The van der Waals surface area contributed by atoms with E-state index < -0.39 is 0 Å². The highest BCUT2D eigenvalue weighted by Gasteiger charge is 2.21. The van der Waals surface area contributed by atoms with Crippen LogP contribution in [0, 0.1) is 0 Å². The third-order valence-corrected chi connectivity index (χ3v) is 9.30. The zero-order chi connectivity index (χ0) is 34.7. The van der Waals surface area contributed by atoms with Gasteiger partial charge in [-0.3, -0.25) is 9.55 Å². The number of pyridine rings is 2. The lowest BCUT2D eigenvalue weighted by atomic mass is 10.0. The molecular formula is C47H33N5. The van der Waals surface area contributed by atoms with Crippen molar-refractivity contribution in [3.8, 4) is 50.7 Å². The predicted molar refractivity (Wildman–Crippen MR) is 213 cm³/mol. The van der Waals surface area contributed by atoms with Crippen LogP contribution in [-0.4, -0.2) is 19.5 Å². The molecule has 0 unspecified atom stereocenters. The van der Waals surface area contributed by atoms with Gasteiger partial charge in [-0.2, -0.15) is 0 Å². The van der Waals surface area contributed by atoms with Crippen molar-refractivity contribution in [1.82, 2.24) is 19.5 Å². The summed E-state index contributed by atoms with van der Waals surface area (Å²) in [5, 5.41) is 0. The van der Waals surface area contributed by atoms with E-state index in [2.05, 4.69) is 155 Å². The summed E-state index contributed by atoms with van der Waals surface area (Å²) < 4.78 is 2.16. The van der Waals surface area contributed by atoms with Crippen molar-refractivity contribution >= 4 is 28.1 Å². The number of hydrogen-bond donors (Lipinski definition) is 0. The molecule has 0 amide bonds. The summed E-state index contributed by atoms with van der Waals surface area (Å²) in [5.74, 6) is 1.65. The fourth-order valence-electron chi connectivity index (χ4n) is 6.86. The van der Waals surface area contributed by atoms with Crippen molar-refractivity contribution in [3.05, 3.63) is 200 Å². The molecule has 0 fully saturated rings. The van der Waals surface area contributed by atoms with Crippen LogP contribution in [0.5, 0.6) is 0 Å². The monoisotopic (exact) mass is 667 g/mol. The molecule has 0 spiro atoms. The Kier molecular flexibility index (Phi) is 8.12. The lowest BCUT2D eigenvalue weighted by Gasteiger charge is -2.28. The van der Waals surface area contributed by atoms with Crippen LogP contribution < -0.4 is 4.90 Å². The van der Waals surface area contributed by atoms with Crippen molar-refractivity contribution in [1.29, 1.82) is 0 Å². The van der Waals surface area contributed by atoms with Crippen molar-refractivity contribution in [3.63, 3.8) is 0 Å². The first-order valence-corrected chi connectivity index (χ1v) is 17.4. The molecule has 0 N–H and O–H groups in total. The summed E-state index contributed by atoms with van der Waals surface area (Å²) >= 11 is 0. The van der Waals surface area contributed by atoms with Gasteiger partial charge in [-0.15, -0.1) is 0 Å². The van der Waals surface area contributed by atoms with E-state index in [1.807, 2.05) is 54.9 Å². The Hall–Kier alpha value is -7.11. The van der Waals surface area contributed by atoms with E-state index in [-0.39, 0.29) is 0 Å². The maximum absolute atomic E-state index is 5.15. The topological polar surface area (TPSA) is 46.8 Å². The SMILES string of the molecule is c1ccc(-c2ccnc(-c3cccc(N(c4ccc5nc(-c6ccccc6)n(-c6ccccn6)c5c4)c4ccccc4-c4ccccc4)c3)c2)cc1. The summed E-state index contributed by atoms with van der Waals surface area (Å²) in [5.41, 5.74) is 12.4. The molecule has 6 aromatic carbocycles. The summed E-state index contributed by atoms with van der Waals surface area (Å²) in [6.45, 7) is 0. The molecule has 3 heterocycles. The molecule has 0 atom stereocenters. The van der Waals surface area contributed by atoms with E-state index in [4.69, 9.17) is 15.0 Å². The fraction of sp³-hybridized carbons (Fsp3) is 0. The van der Waals surface area contributed by atoms with Crippen LogP contribution in [0.4, 0.5) is 17.1 Å². The second kappa shape index (κ2) is 13.7. The molecule has 246 valence electrons. The zero-order valence-corrected chi connectivity index (χ0v) is 28.3. The molecule has 5 nitrogen and oxygen atoms in total. The van der Waals surface area contributed by atoms with Gasteiger partial charge in [0.25, 0.3) is 0 Å². The minimum Gasteiger partial charge on any atom is -0.310 e. The lowest BCUT2D eigenvalue weighted by Crippen LogP contribution is -2.11. The van der Waals surface area contributed by atoms with E-state index in [1.165, 1.54) is 0 Å². The normalized spacial score (nSPS) is 11.1. The number of fused-ring (bicyclic) bond motifs is 1. The first-order valence-electron chi connectivity index (χ1n) is 17.4. The Balaban J connectivity index is 1.25. The molecule has 9 rings (SSSR count). The van der Waals surface area contributed by atoms with Gasteiger partial charge in [-0.05, 0) is 77.4 Å². The van der Waals surface area contributed by atoms with E-state index in [1.54, 1.807) is 0 Å². The van der Waals surface area contributed by atoms with Crippen molar-refractivity contribution in [2.24, 2.45) is 0 Å². The van der Waals surface area contributed by atoms with Gasteiger partial charge >= 0.3 is 0 Å². The van der Waals surface area contributed by atoms with Gasteiger partial charge in [0.15, 0.2) is 0 Å². The smallest absolute Gasteiger partial charge is 0.146 e. The second-order valence-electron chi connectivity index (χ2n) is 12.6. The van der Waals surface area contributed by atoms with E-state index in [0.29, 0.717) is 0 Å². The average Bonchev–Trinajstić information content (AvgIpc) is 3.62. The van der Waals surface area contributed by atoms with Crippen LogP contribution in [0.25, 0.3) is 61.8 Å². The van der Waals surface area contributed by atoms with Gasteiger partial charge in [0, 0.05) is 40.5 Å². The molecule has 9 aromatic rings. The highest BCUT2D eigenvalue weighted by molar-refractivity contribution is 5.93. The molecule has 0 aliphatic heterocycles. The Bertz CT molecular complexity index is 2620. The number of aromatic nitrogens is 4. The van der Waals surface area contributed by atoms with Crippen molar-refractivity contribution < 1.29 is 0 Å². The summed E-state index contributed by atoms with van der Waals surface area (Å²) in [6, 6.07) is 65.3. The van der Waals surface area contributed by atoms with Crippen LogP contribution in [0.1, 0.15) is 0 Å². The highest BCUT2D eigenvalue weighted by atomic mass is 15.2. The first-order chi connectivity index (χ1) is 25.8. The Labute approximate surface area is 302 Å². The Morgan fingerprint density at radius 2 is 1.10 bits per heavy atom. The number of anilines is 3. The summed E-state index contributed by atoms with van der Waals surface area (Å²) in [7, 11) is 0. The third kappa shape index (κ3) is 5.91. The van der Waals surface area contributed by atoms with Crippen LogP contribution >= 0.6 is 0 Å². The fourth-order valence-corrected chi connectivity index (χ4v) is 6.86. The number of nitrogens with zero attached hydrogens (tertiary/aromatic N) is 5. The average molecular weight is 668 g/mol. The van der Waals surface area contributed by atoms with Gasteiger partial charge in [0.1, 0.15) is 11.6 Å². The molecule has 0 bridgehead atoms. The number of imidazole rings is 1. The molecule has 52 heavy (non-hydrogen) atoms. The van der Waals surface area contributed by atoms with Crippen molar-refractivity contribution in [2.75, 3.05) is 4.90 Å². The molecule has 5 heteroatoms. The Morgan fingerprint density at radius 1 is 0.423 bits per heavy atom. The lowest BCUT2D eigenvalue weighted by molar-refractivity contribution is 1.03. The number of benzene rings is 6. The molecule has 0 aliphatic carbocycles. The highest BCUT2D eigenvalue weighted by Crippen LogP contribution is 2.43. The minimum atomic E-state index is 0.809. The number of rotatable bonds is 8. The van der Waals surface area contributed by atoms with E-state index in [9.17, 15) is 0 Å². The van der Waals surface area contributed by atoms with Crippen LogP contribution in [0.2, 0.25) is 0 Å². The summed E-state index contributed by atoms with van der Waals surface area (Å²) in [6.07, 6.45) is 3.72. The van der Waals surface area contributed by atoms with Gasteiger partial charge in [-0.25, -0.2) is 9.97 Å². The molecule has 0 radical (unpaired) electrons. The zero-order valence-electron chi connectivity index (χ0n) is 28.3. The first kappa shape index (κ1) is 30.9. The number of para-hydroxylation sites is 1. The van der Waals surface area contributed by atoms with Gasteiger partial charge < -0.3 is 4.90 Å². The largest absolute Gasteiger partial charge is 0.310 e. The molecule has 0 saturated heterocycles. The maximum Gasteiger partial charge on any atom is 0.146 e. The molecular weight excluding hydrogens is 635 g/mol. The Morgan fingerprint density at radius 3 is 1.87 bits per heavy atom. The van der Waals surface area contributed by atoms with E-state index in [0.717, 1.165) is 78.8 Å². The summed E-state index contributed by atoms with van der Waals surface area (Å²) in [4.78, 5) is 17.1. The van der Waals surface area contributed by atoms with Crippen LogP contribution in [-0.2, 0) is 0 Å². The second-order valence-corrected chi connectivity index (χ2v) is 12.6. The minimum absolute atomic E-state index is 0.809. The molecule has 0 saturated carbocycles. The molecule has 0 aliphatic rings. The standard InChI is InChI=1S/C47H33N5/c1-4-15-34(16-5-1)37-28-30-48-43(32-37)38-21-14-22-39(31-38)51(44-24-11-10-23-41(44)35-17-6-2-7-18-35)40-26-27-42-45(33-40)52(46-25-12-13-29-49-46)47(50-42)36-19-8-3-9-20-36/h1-33H. The van der Waals surface area contributed by atoms with Gasteiger partial charge in [0.05, 0.1) is 22.4 Å². The van der Waals surface area contributed by atoms with Gasteiger partial charge in [0.2, 0.25) is 0 Å². The molecule has 3 aromatic heterocycles. The van der Waals surface area contributed by atoms with Crippen LogP contribution in [0.15, 0.2) is 200 Å². The maximum atomic E-state index is 5.15.